The molecule has 0 aromatic rings. The minimum absolute atomic E-state index is 0.0404. The van der Waals surface area contributed by atoms with E-state index in [0.717, 1.165) is 6.42 Å². The molecule has 1 aliphatic rings. The highest BCUT2D eigenvalue weighted by Gasteiger charge is 2.37. The zero-order chi connectivity index (χ0) is 13.0. The SMILES string of the molecule is CC.CC1(C)CCN(C(=O)CC(F)(F)F)C1. The van der Waals surface area contributed by atoms with Crippen molar-refractivity contribution in [3.63, 3.8) is 0 Å². The van der Waals surface area contributed by atoms with Crippen LogP contribution in [0.3, 0.4) is 0 Å². The molecule has 1 amide bonds. The van der Waals surface area contributed by atoms with E-state index in [4.69, 9.17) is 0 Å². The summed E-state index contributed by atoms with van der Waals surface area (Å²) in [5.41, 5.74) is -0.0404. The summed E-state index contributed by atoms with van der Waals surface area (Å²) < 4.78 is 35.7. The maximum absolute atomic E-state index is 11.9. The fourth-order valence-corrected chi connectivity index (χ4v) is 1.61. The highest BCUT2D eigenvalue weighted by atomic mass is 19.4. The average Bonchev–Trinajstić information content (AvgIpc) is 2.47. The van der Waals surface area contributed by atoms with Gasteiger partial charge in [0.1, 0.15) is 6.42 Å². The van der Waals surface area contributed by atoms with Crippen LogP contribution < -0.4 is 0 Å². The highest BCUT2D eigenvalue weighted by molar-refractivity contribution is 5.77. The van der Waals surface area contributed by atoms with Crippen molar-refractivity contribution in [3.05, 3.63) is 0 Å². The molecule has 0 N–H and O–H groups in total. The van der Waals surface area contributed by atoms with Crippen LogP contribution in [0, 0.1) is 5.41 Å². The largest absolute Gasteiger partial charge is 0.397 e. The lowest BCUT2D eigenvalue weighted by Gasteiger charge is -2.20. The molecule has 1 saturated heterocycles. The molecule has 0 radical (unpaired) electrons. The molecule has 0 saturated carbocycles. The first-order valence-corrected chi connectivity index (χ1v) is 5.54. The first-order valence-electron chi connectivity index (χ1n) is 5.54. The van der Waals surface area contributed by atoms with Crippen molar-refractivity contribution in [1.29, 1.82) is 0 Å². The predicted molar refractivity (Wildman–Crippen MR) is 57.0 cm³/mol. The Kier molecular flexibility index (Phi) is 5.29. The summed E-state index contributed by atoms with van der Waals surface area (Å²) in [6, 6.07) is 0. The third kappa shape index (κ3) is 5.37. The molecule has 1 aliphatic heterocycles. The van der Waals surface area contributed by atoms with Gasteiger partial charge < -0.3 is 4.90 Å². The van der Waals surface area contributed by atoms with Gasteiger partial charge in [0.25, 0.3) is 0 Å². The van der Waals surface area contributed by atoms with Crippen LogP contribution >= 0.6 is 0 Å². The van der Waals surface area contributed by atoms with Gasteiger partial charge in [-0.1, -0.05) is 27.7 Å². The molecule has 1 heterocycles. The molecule has 0 aromatic heterocycles. The molecule has 5 heteroatoms. The van der Waals surface area contributed by atoms with Crippen LogP contribution in [0.4, 0.5) is 13.2 Å². The Labute approximate surface area is 94.8 Å². The van der Waals surface area contributed by atoms with Gasteiger partial charge in [-0.05, 0) is 11.8 Å². The van der Waals surface area contributed by atoms with Gasteiger partial charge in [-0.2, -0.15) is 13.2 Å². The van der Waals surface area contributed by atoms with Crippen molar-refractivity contribution < 1.29 is 18.0 Å². The Morgan fingerprint density at radius 2 is 1.81 bits per heavy atom. The zero-order valence-electron chi connectivity index (χ0n) is 10.3. The lowest BCUT2D eigenvalue weighted by atomic mass is 9.93. The van der Waals surface area contributed by atoms with Crippen LogP contribution in [0.15, 0.2) is 0 Å². The molecule has 0 atom stereocenters. The fraction of sp³-hybridized carbons (Fsp3) is 0.909. The van der Waals surface area contributed by atoms with Crippen LogP contribution in [0.5, 0.6) is 0 Å². The predicted octanol–water partition coefficient (Wildman–Crippen LogP) is 3.22. The van der Waals surface area contributed by atoms with Crippen molar-refractivity contribution in [2.75, 3.05) is 13.1 Å². The molecule has 0 aliphatic carbocycles. The van der Waals surface area contributed by atoms with Gasteiger partial charge in [0.15, 0.2) is 0 Å². The van der Waals surface area contributed by atoms with Crippen molar-refractivity contribution in [2.24, 2.45) is 5.41 Å². The molecule has 0 unspecified atom stereocenters. The summed E-state index contributed by atoms with van der Waals surface area (Å²) in [4.78, 5) is 12.5. The standard InChI is InChI=1S/C9H14F3NO.C2H6/c1-8(2)3-4-13(6-8)7(14)5-9(10,11)12;1-2/h3-6H2,1-2H3;1-2H3. The smallest absolute Gasteiger partial charge is 0.342 e. The molecule has 2 nitrogen and oxygen atoms in total. The van der Waals surface area contributed by atoms with E-state index in [9.17, 15) is 18.0 Å². The quantitative estimate of drug-likeness (QED) is 0.688. The number of carbonyl (C=O) groups excluding carboxylic acids is 1. The Morgan fingerprint density at radius 3 is 2.12 bits per heavy atom. The van der Waals surface area contributed by atoms with Crippen LogP contribution in [0.2, 0.25) is 0 Å². The highest BCUT2D eigenvalue weighted by Crippen LogP contribution is 2.30. The normalized spacial score (nSPS) is 19.1. The van der Waals surface area contributed by atoms with Gasteiger partial charge in [0.05, 0.1) is 0 Å². The monoisotopic (exact) mass is 239 g/mol. The summed E-state index contributed by atoms with van der Waals surface area (Å²) in [5, 5.41) is 0. The summed E-state index contributed by atoms with van der Waals surface area (Å²) >= 11 is 0. The lowest BCUT2D eigenvalue weighted by molar-refractivity contribution is -0.160. The lowest BCUT2D eigenvalue weighted by Crippen LogP contribution is -2.33. The Morgan fingerprint density at radius 1 is 1.31 bits per heavy atom. The van der Waals surface area contributed by atoms with Gasteiger partial charge in [0.2, 0.25) is 5.91 Å². The van der Waals surface area contributed by atoms with Crippen LogP contribution in [-0.4, -0.2) is 30.1 Å². The molecule has 16 heavy (non-hydrogen) atoms. The molecule has 1 rings (SSSR count). The topological polar surface area (TPSA) is 20.3 Å². The maximum atomic E-state index is 11.9. The van der Waals surface area contributed by atoms with E-state index in [-0.39, 0.29) is 5.41 Å². The van der Waals surface area contributed by atoms with E-state index < -0.39 is 18.5 Å². The number of alkyl halides is 3. The van der Waals surface area contributed by atoms with Gasteiger partial charge in [0, 0.05) is 13.1 Å². The average molecular weight is 239 g/mol. The minimum atomic E-state index is -4.39. The van der Waals surface area contributed by atoms with Gasteiger partial charge in [-0.3, -0.25) is 4.79 Å². The van der Waals surface area contributed by atoms with E-state index in [2.05, 4.69) is 0 Å². The van der Waals surface area contributed by atoms with E-state index in [1.54, 1.807) is 0 Å². The summed E-state index contributed by atoms with van der Waals surface area (Å²) in [7, 11) is 0. The van der Waals surface area contributed by atoms with Gasteiger partial charge >= 0.3 is 6.18 Å². The van der Waals surface area contributed by atoms with E-state index >= 15 is 0 Å². The maximum Gasteiger partial charge on any atom is 0.397 e. The van der Waals surface area contributed by atoms with Gasteiger partial charge in [-0.15, -0.1) is 0 Å². The number of rotatable bonds is 1. The minimum Gasteiger partial charge on any atom is -0.342 e. The Hall–Kier alpha value is -0.740. The van der Waals surface area contributed by atoms with Gasteiger partial charge in [-0.25, -0.2) is 0 Å². The van der Waals surface area contributed by atoms with E-state index in [0.29, 0.717) is 13.1 Å². The number of amides is 1. The number of likely N-dealkylation sites (tertiary alicyclic amines) is 1. The summed E-state index contributed by atoms with van der Waals surface area (Å²) in [5.74, 6) is -0.803. The second-order valence-corrected chi connectivity index (χ2v) is 4.52. The first kappa shape index (κ1) is 15.3. The van der Waals surface area contributed by atoms with E-state index in [1.807, 2.05) is 27.7 Å². The van der Waals surface area contributed by atoms with Crippen LogP contribution in [0.25, 0.3) is 0 Å². The Balaban J connectivity index is 0.00000106. The molecule has 1 fully saturated rings. The van der Waals surface area contributed by atoms with Crippen molar-refractivity contribution in [1.82, 2.24) is 4.90 Å². The molecular formula is C11H20F3NO. The number of nitrogens with zero attached hydrogens (tertiary/aromatic N) is 1. The zero-order valence-corrected chi connectivity index (χ0v) is 10.3. The second kappa shape index (κ2) is 5.55. The second-order valence-electron chi connectivity index (χ2n) is 4.52. The molecular weight excluding hydrogens is 219 g/mol. The molecule has 0 bridgehead atoms. The van der Waals surface area contributed by atoms with Crippen molar-refractivity contribution >= 4 is 5.91 Å². The van der Waals surface area contributed by atoms with E-state index in [1.165, 1.54) is 4.90 Å². The molecule has 96 valence electrons. The van der Waals surface area contributed by atoms with Crippen molar-refractivity contribution in [2.45, 2.75) is 46.7 Å². The Bertz CT molecular complexity index is 236. The number of hydrogen-bond donors (Lipinski definition) is 0. The fourth-order valence-electron chi connectivity index (χ4n) is 1.61. The number of hydrogen-bond acceptors (Lipinski definition) is 1. The number of carbonyl (C=O) groups is 1. The van der Waals surface area contributed by atoms with Crippen LogP contribution in [-0.2, 0) is 4.79 Å². The third-order valence-electron chi connectivity index (χ3n) is 2.38. The molecule has 0 spiro atoms. The van der Waals surface area contributed by atoms with Crippen LogP contribution in [0.1, 0.15) is 40.5 Å². The summed E-state index contributed by atoms with van der Waals surface area (Å²) in [6.07, 6.45) is -4.94. The van der Waals surface area contributed by atoms with Crippen molar-refractivity contribution in [3.8, 4) is 0 Å². The first-order chi connectivity index (χ1) is 7.20. The third-order valence-corrected chi connectivity index (χ3v) is 2.38. The summed E-state index contributed by atoms with van der Waals surface area (Å²) in [6.45, 7) is 8.78. The number of halogens is 3. The molecule has 0 aromatic carbocycles.